The standard InChI is InChI=1S/C20H27N5O2S/c1-13-16-18(21-9-5-11-25-10-4-8-15(25)26)22-12-23-20(16)28-17(13)19(27)24-14-6-2-3-7-14/h12,14H,2-11H2,1H3,(H,24,27)(H,21,22,23). The van der Waals surface area contributed by atoms with Crippen molar-refractivity contribution in [3.05, 3.63) is 16.8 Å². The van der Waals surface area contributed by atoms with Crippen LogP contribution < -0.4 is 10.6 Å². The highest BCUT2D eigenvalue weighted by Crippen LogP contribution is 2.33. The lowest BCUT2D eigenvalue weighted by Gasteiger charge is -2.15. The minimum atomic E-state index is 0.00546. The summed E-state index contributed by atoms with van der Waals surface area (Å²) in [5, 5.41) is 7.48. The molecule has 8 heteroatoms. The predicted octanol–water partition coefficient (Wildman–Crippen LogP) is 3.10. The fourth-order valence-electron chi connectivity index (χ4n) is 4.16. The van der Waals surface area contributed by atoms with Crippen molar-refractivity contribution >= 4 is 39.2 Å². The van der Waals surface area contributed by atoms with E-state index in [0.29, 0.717) is 12.5 Å². The van der Waals surface area contributed by atoms with Gasteiger partial charge < -0.3 is 15.5 Å². The summed E-state index contributed by atoms with van der Waals surface area (Å²) in [6.45, 7) is 4.35. The Morgan fingerprint density at radius 3 is 2.86 bits per heavy atom. The van der Waals surface area contributed by atoms with Crippen molar-refractivity contribution in [2.45, 2.75) is 57.9 Å². The van der Waals surface area contributed by atoms with Crippen molar-refractivity contribution in [1.82, 2.24) is 20.2 Å². The van der Waals surface area contributed by atoms with Gasteiger partial charge in [0.05, 0.1) is 10.3 Å². The van der Waals surface area contributed by atoms with Crippen molar-refractivity contribution in [1.29, 1.82) is 0 Å². The number of hydrogen-bond donors (Lipinski definition) is 2. The number of nitrogens with zero attached hydrogens (tertiary/aromatic N) is 3. The Balaban J connectivity index is 1.42. The van der Waals surface area contributed by atoms with Crippen LogP contribution in [-0.4, -0.2) is 52.4 Å². The summed E-state index contributed by atoms with van der Waals surface area (Å²) in [5.41, 5.74) is 0.938. The number of rotatable bonds is 7. The number of thiophene rings is 1. The molecule has 4 rings (SSSR count). The van der Waals surface area contributed by atoms with Gasteiger partial charge in [0.15, 0.2) is 0 Å². The second-order valence-corrected chi connectivity index (χ2v) is 8.68. The molecule has 150 valence electrons. The van der Waals surface area contributed by atoms with E-state index in [9.17, 15) is 9.59 Å². The smallest absolute Gasteiger partial charge is 0.261 e. The van der Waals surface area contributed by atoms with E-state index in [2.05, 4.69) is 20.6 Å². The average molecular weight is 402 g/mol. The highest BCUT2D eigenvalue weighted by Gasteiger charge is 2.23. The van der Waals surface area contributed by atoms with Gasteiger partial charge in [-0.05, 0) is 38.2 Å². The van der Waals surface area contributed by atoms with Crippen LogP contribution in [0, 0.1) is 6.92 Å². The molecule has 0 unspecified atom stereocenters. The maximum absolute atomic E-state index is 12.7. The Bertz CT molecular complexity index is 875. The Morgan fingerprint density at radius 1 is 1.29 bits per heavy atom. The first-order valence-corrected chi connectivity index (χ1v) is 11.0. The van der Waals surface area contributed by atoms with Gasteiger partial charge in [-0.25, -0.2) is 9.97 Å². The maximum Gasteiger partial charge on any atom is 0.261 e. The summed E-state index contributed by atoms with van der Waals surface area (Å²) < 4.78 is 0. The number of hydrogen-bond acceptors (Lipinski definition) is 6. The van der Waals surface area contributed by atoms with Gasteiger partial charge in [0.25, 0.3) is 5.91 Å². The Labute approximate surface area is 168 Å². The largest absolute Gasteiger partial charge is 0.369 e. The lowest BCUT2D eigenvalue weighted by atomic mass is 10.1. The summed E-state index contributed by atoms with van der Waals surface area (Å²) in [4.78, 5) is 36.7. The number of aryl methyl sites for hydroxylation is 1. The first-order chi connectivity index (χ1) is 13.6. The maximum atomic E-state index is 12.7. The van der Waals surface area contributed by atoms with Gasteiger partial charge in [-0.3, -0.25) is 9.59 Å². The topological polar surface area (TPSA) is 87.2 Å². The number of aromatic nitrogens is 2. The molecule has 2 N–H and O–H groups in total. The predicted molar refractivity (Wildman–Crippen MR) is 111 cm³/mol. The van der Waals surface area contributed by atoms with Crippen molar-refractivity contribution in [2.24, 2.45) is 0 Å². The second kappa shape index (κ2) is 8.43. The molecule has 2 aliphatic rings. The molecule has 0 aromatic carbocycles. The molecule has 1 saturated carbocycles. The summed E-state index contributed by atoms with van der Waals surface area (Å²) in [7, 11) is 0. The van der Waals surface area contributed by atoms with Gasteiger partial charge >= 0.3 is 0 Å². The third-order valence-corrected chi connectivity index (χ3v) is 6.89. The summed E-state index contributed by atoms with van der Waals surface area (Å²) >= 11 is 1.43. The van der Waals surface area contributed by atoms with Gasteiger partial charge in [0.2, 0.25) is 5.91 Å². The van der Waals surface area contributed by atoms with E-state index in [1.54, 1.807) is 6.33 Å². The average Bonchev–Trinajstić information content (AvgIpc) is 3.41. The molecule has 1 aliphatic heterocycles. The van der Waals surface area contributed by atoms with Gasteiger partial charge in [0, 0.05) is 32.1 Å². The zero-order valence-electron chi connectivity index (χ0n) is 16.3. The van der Waals surface area contributed by atoms with Gasteiger partial charge in [-0.2, -0.15) is 0 Å². The molecular formula is C20H27N5O2S. The summed E-state index contributed by atoms with van der Waals surface area (Å²) in [6, 6.07) is 0.300. The molecule has 7 nitrogen and oxygen atoms in total. The summed E-state index contributed by atoms with van der Waals surface area (Å²) in [5.74, 6) is 1.04. The third-order valence-electron chi connectivity index (χ3n) is 5.69. The van der Waals surface area contributed by atoms with E-state index in [1.807, 2.05) is 11.8 Å². The van der Waals surface area contributed by atoms with Gasteiger partial charge in [0.1, 0.15) is 17.0 Å². The fourth-order valence-corrected chi connectivity index (χ4v) is 5.21. The molecule has 1 saturated heterocycles. The van der Waals surface area contributed by atoms with E-state index in [0.717, 1.165) is 71.8 Å². The molecule has 2 fully saturated rings. The Morgan fingerprint density at radius 2 is 2.11 bits per heavy atom. The minimum Gasteiger partial charge on any atom is -0.369 e. The van der Waals surface area contributed by atoms with Crippen LogP contribution >= 0.6 is 11.3 Å². The molecule has 1 aliphatic carbocycles. The van der Waals surface area contributed by atoms with Crippen molar-refractivity contribution in [3.63, 3.8) is 0 Å². The Kier molecular flexibility index (Phi) is 5.75. The quantitative estimate of drug-likeness (QED) is 0.696. The highest BCUT2D eigenvalue weighted by molar-refractivity contribution is 7.20. The van der Waals surface area contributed by atoms with Crippen molar-refractivity contribution < 1.29 is 9.59 Å². The molecule has 28 heavy (non-hydrogen) atoms. The molecule has 0 atom stereocenters. The molecule has 2 aromatic rings. The molecule has 2 amide bonds. The van der Waals surface area contributed by atoms with Crippen LogP contribution in [-0.2, 0) is 4.79 Å². The van der Waals surface area contributed by atoms with Crippen molar-refractivity contribution in [3.8, 4) is 0 Å². The summed E-state index contributed by atoms with van der Waals surface area (Å²) in [6.07, 6.45) is 8.60. The first-order valence-electron chi connectivity index (χ1n) is 10.2. The van der Waals surface area contributed by atoms with Crippen LogP contribution in [0.3, 0.4) is 0 Å². The lowest BCUT2D eigenvalue weighted by Crippen LogP contribution is -2.32. The fraction of sp³-hybridized carbons (Fsp3) is 0.600. The normalized spacial score (nSPS) is 17.6. The number of likely N-dealkylation sites (tertiary alicyclic amines) is 1. The van der Waals surface area contributed by atoms with Crippen LogP contribution in [0.25, 0.3) is 10.2 Å². The van der Waals surface area contributed by atoms with E-state index in [4.69, 9.17) is 0 Å². The number of anilines is 1. The van der Waals surface area contributed by atoms with Gasteiger partial charge in [-0.15, -0.1) is 11.3 Å². The van der Waals surface area contributed by atoms with E-state index >= 15 is 0 Å². The number of fused-ring (bicyclic) bond motifs is 1. The number of nitrogens with one attached hydrogen (secondary N) is 2. The third kappa shape index (κ3) is 3.97. The zero-order valence-corrected chi connectivity index (χ0v) is 17.1. The number of amides is 2. The van der Waals surface area contributed by atoms with Crippen molar-refractivity contribution in [2.75, 3.05) is 25.0 Å². The zero-order chi connectivity index (χ0) is 19.5. The number of carbonyl (C=O) groups is 2. The van der Waals surface area contributed by atoms with Crippen LogP contribution in [0.2, 0.25) is 0 Å². The van der Waals surface area contributed by atoms with Crippen LogP contribution in [0.15, 0.2) is 6.33 Å². The SMILES string of the molecule is Cc1c(C(=O)NC2CCCC2)sc2ncnc(NCCCN3CCCC3=O)c12. The van der Waals surface area contributed by atoms with Gasteiger partial charge in [-0.1, -0.05) is 12.8 Å². The van der Waals surface area contributed by atoms with E-state index in [-0.39, 0.29) is 11.8 Å². The minimum absolute atomic E-state index is 0.00546. The second-order valence-electron chi connectivity index (χ2n) is 7.68. The highest BCUT2D eigenvalue weighted by atomic mass is 32.1. The number of carbonyl (C=O) groups excluding carboxylic acids is 2. The van der Waals surface area contributed by atoms with E-state index < -0.39 is 0 Å². The first kappa shape index (κ1) is 19.1. The van der Waals surface area contributed by atoms with Crippen LogP contribution in [0.5, 0.6) is 0 Å². The Hall–Kier alpha value is -2.22. The van der Waals surface area contributed by atoms with Crippen LogP contribution in [0.4, 0.5) is 5.82 Å². The lowest BCUT2D eigenvalue weighted by molar-refractivity contribution is -0.127. The molecule has 0 spiro atoms. The molecule has 2 aromatic heterocycles. The monoisotopic (exact) mass is 401 g/mol. The van der Waals surface area contributed by atoms with E-state index in [1.165, 1.54) is 24.2 Å². The molecule has 0 radical (unpaired) electrons. The molecular weight excluding hydrogens is 374 g/mol. The molecule has 0 bridgehead atoms. The molecule has 3 heterocycles. The van der Waals surface area contributed by atoms with Crippen LogP contribution in [0.1, 0.15) is 60.2 Å².